The van der Waals surface area contributed by atoms with Crippen LogP contribution in [0.15, 0.2) is 134 Å². The largest absolute Gasteiger partial charge is 0.308 e. The van der Waals surface area contributed by atoms with Crippen LogP contribution in [0.4, 0.5) is 0 Å². The van der Waals surface area contributed by atoms with Gasteiger partial charge in [-0.05, 0) is 80.9 Å². The Labute approximate surface area is 234 Å². The van der Waals surface area contributed by atoms with Gasteiger partial charge in [0.2, 0.25) is 0 Å². The average molecular weight is 513 g/mol. The maximum Gasteiger partial charge on any atom is 0.0645 e. The van der Waals surface area contributed by atoms with E-state index in [1.807, 2.05) is 18.5 Å². The number of fused-ring (bicyclic) bond motifs is 6. The van der Waals surface area contributed by atoms with Crippen LogP contribution in [0, 0.1) is 0 Å². The summed E-state index contributed by atoms with van der Waals surface area (Å²) in [6.45, 7) is 4.69. The van der Waals surface area contributed by atoms with Gasteiger partial charge in [-0.1, -0.05) is 98.8 Å². The minimum atomic E-state index is -0.0239. The summed E-state index contributed by atoms with van der Waals surface area (Å²) in [4.78, 5) is 4.39. The molecule has 0 bridgehead atoms. The maximum atomic E-state index is 4.39. The summed E-state index contributed by atoms with van der Waals surface area (Å²) in [5.41, 5.74) is 13.9. The van der Waals surface area contributed by atoms with Gasteiger partial charge < -0.3 is 4.57 Å². The Morgan fingerprint density at radius 2 is 1.18 bits per heavy atom. The Morgan fingerprint density at radius 3 is 1.98 bits per heavy atom. The van der Waals surface area contributed by atoms with Crippen LogP contribution >= 0.6 is 0 Å². The Balaban J connectivity index is 1.31. The Morgan fingerprint density at radius 1 is 0.525 bits per heavy atom. The van der Waals surface area contributed by atoms with Crippen molar-refractivity contribution >= 4 is 21.8 Å². The van der Waals surface area contributed by atoms with Gasteiger partial charge in [-0.2, -0.15) is 0 Å². The summed E-state index contributed by atoms with van der Waals surface area (Å²) in [7, 11) is 0. The van der Waals surface area contributed by atoms with Gasteiger partial charge in [-0.25, -0.2) is 0 Å². The molecule has 2 nitrogen and oxygen atoms in total. The fraction of sp³-hybridized carbons (Fsp3) is 0.0789. The third kappa shape index (κ3) is 3.26. The highest BCUT2D eigenvalue weighted by Crippen LogP contribution is 2.50. The highest BCUT2D eigenvalue weighted by atomic mass is 15.0. The molecule has 1 aliphatic rings. The van der Waals surface area contributed by atoms with Crippen LogP contribution in [0.2, 0.25) is 0 Å². The van der Waals surface area contributed by atoms with Crippen LogP contribution in [-0.4, -0.2) is 9.55 Å². The van der Waals surface area contributed by atoms with Gasteiger partial charge in [0.15, 0.2) is 0 Å². The molecule has 2 heteroatoms. The number of benzene rings is 5. The standard InChI is InChI=1S/C38H28N2/c1-38(2)34-15-7-5-13-30(34)31-19-17-26(23-35(31)38)29-12-4-3-11-28(29)25-18-20-37-33(22-25)32-14-6-8-16-36(32)40(37)27-10-9-21-39-24-27/h3-24H,1-2H3. The first-order valence-corrected chi connectivity index (χ1v) is 13.9. The molecule has 8 rings (SSSR count). The molecule has 40 heavy (non-hydrogen) atoms. The summed E-state index contributed by atoms with van der Waals surface area (Å²) in [6.07, 6.45) is 3.76. The summed E-state index contributed by atoms with van der Waals surface area (Å²) < 4.78 is 2.31. The van der Waals surface area contributed by atoms with E-state index in [0.29, 0.717) is 0 Å². The lowest BCUT2D eigenvalue weighted by atomic mass is 9.81. The van der Waals surface area contributed by atoms with Crippen molar-refractivity contribution in [3.05, 3.63) is 145 Å². The summed E-state index contributed by atoms with van der Waals surface area (Å²) >= 11 is 0. The Bertz CT molecular complexity index is 2080. The maximum absolute atomic E-state index is 4.39. The van der Waals surface area contributed by atoms with Crippen molar-refractivity contribution in [2.24, 2.45) is 0 Å². The molecule has 190 valence electrons. The number of nitrogens with zero attached hydrogens (tertiary/aromatic N) is 2. The molecular weight excluding hydrogens is 484 g/mol. The highest BCUT2D eigenvalue weighted by Gasteiger charge is 2.35. The van der Waals surface area contributed by atoms with E-state index in [-0.39, 0.29) is 5.41 Å². The van der Waals surface area contributed by atoms with Gasteiger partial charge in [-0.3, -0.25) is 4.98 Å². The van der Waals surface area contributed by atoms with Crippen LogP contribution in [0.25, 0.3) is 60.9 Å². The summed E-state index contributed by atoms with van der Waals surface area (Å²) in [5.74, 6) is 0. The lowest BCUT2D eigenvalue weighted by molar-refractivity contribution is 0.660. The summed E-state index contributed by atoms with van der Waals surface area (Å²) in [6, 6.07) is 44.3. The first-order chi connectivity index (χ1) is 19.6. The van der Waals surface area contributed by atoms with Gasteiger partial charge in [0.25, 0.3) is 0 Å². The number of rotatable bonds is 3. The van der Waals surface area contributed by atoms with Crippen LogP contribution in [0.5, 0.6) is 0 Å². The van der Waals surface area contributed by atoms with E-state index in [9.17, 15) is 0 Å². The smallest absolute Gasteiger partial charge is 0.0645 e. The van der Waals surface area contributed by atoms with Crippen LogP contribution < -0.4 is 0 Å². The van der Waals surface area contributed by atoms with Crippen molar-refractivity contribution in [1.82, 2.24) is 9.55 Å². The molecular formula is C38H28N2. The SMILES string of the molecule is CC1(C)c2ccccc2-c2ccc(-c3ccccc3-c3ccc4c(c3)c3ccccc3n4-c3cccnc3)cc21. The second-order valence-electron chi connectivity index (χ2n) is 11.3. The van der Waals surface area contributed by atoms with Gasteiger partial charge in [-0.15, -0.1) is 0 Å². The zero-order valence-electron chi connectivity index (χ0n) is 22.6. The molecule has 0 radical (unpaired) electrons. The second kappa shape index (κ2) is 8.53. The minimum Gasteiger partial charge on any atom is -0.308 e. The molecule has 0 amide bonds. The van der Waals surface area contributed by atoms with E-state index in [0.717, 1.165) is 5.69 Å². The minimum absolute atomic E-state index is 0.0239. The molecule has 0 saturated carbocycles. The van der Waals surface area contributed by atoms with Crippen LogP contribution in [0.1, 0.15) is 25.0 Å². The quantitative estimate of drug-likeness (QED) is 0.230. The Hall–Kier alpha value is -4.95. The number of aromatic nitrogens is 2. The van der Waals surface area contributed by atoms with Crippen molar-refractivity contribution in [2.75, 3.05) is 0 Å². The lowest BCUT2D eigenvalue weighted by Crippen LogP contribution is -2.14. The van der Waals surface area contributed by atoms with E-state index in [4.69, 9.17) is 0 Å². The highest BCUT2D eigenvalue weighted by molar-refractivity contribution is 6.10. The van der Waals surface area contributed by atoms with Crippen molar-refractivity contribution in [3.8, 4) is 39.1 Å². The monoisotopic (exact) mass is 512 g/mol. The molecule has 0 atom stereocenters. The lowest BCUT2D eigenvalue weighted by Gasteiger charge is -2.22. The molecule has 0 N–H and O–H groups in total. The van der Waals surface area contributed by atoms with E-state index < -0.39 is 0 Å². The van der Waals surface area contributed by atoms with Crippen molar-refractivity contribution in [2.45, 2.75) is 19.3 Å². The molecule has 0 aliphatic heterocycles. The van der Waals surface area contributed by atoms with Crippen LogP contribution in [0.3, 0.4) is 0 Å². The van der Waals surface area contributed by atoms with Crippen molar-refractivity contribution < 1.29 is 0 Å². The fourth-order valence-corrected chi connectivity index (χ4v) is 6.76. The fourth-order valence-electron chi connectivity index (χ4n) is 6.76. The second-order valence-corrected chi connectivity index (χ2v) is 11.3. The number of pyridine rings is 1. The third-order valence-corrected chi connectivity index (χ3v) is 8.71. The number of hydrogen-bond donors (Lipinski definition) is 0. The topological polar surface area (TPSA) is 17.8 Å². The van der Waals surface area contributed by atoms with E-state index in [2.05, 4.69) is 139 Å². The van der Waals surface area contributed by atoms with Crippen molar-refractivity contribution in [3.63, 3.8) is 0 Å². The summed E-state index contributed by atoms with van der Waals surface area (Å²) in [5, 5.41) is 2.50. The van der Waals surface area contributed by atoms with E-state index in [1.54, 1.807) is 0 Å². The third-order valence-electron chi connectivity index (χ3n) is 8.71. The van der Waals surface area contributed by atoms with Gasteiger partial charge in [0.1, 0.15) is 0 Å². The molecule has 0 spiro atoms. The van der Waals surface area contributed by atoms with E-state index >= 15 is 0 Å². The average Bonchev–Trinajstić information content (AvgIpc) is 3.46. The molecule has 0 fully saturated rings. The number of para-hydroxylation sites is 1. The molecule has 0 saturated heterocycles. The zero-order chi connectivity index (χ0) is 26.8. The molecule has 2 aromatic heterocycles. The first-order valence-electron chi connectivity index (χ1n) is 13.9. The van der Waals surface area contributed by atoms with Gasteiger partial charge >= 0.3 is 0 Å². The number of hydrogen-bond acceptors (Lipinski definition) is 1. The van der Waals surface area contributed by atoms with Crippen molar-refractivity contribution in [1.29, 1.82) is 0 Å². The first kappa shape index (κ1) is 23.0. The van der Waals surface area contributed by atoms with E-state index in [1.165, 1.54) is 66.3 Å². The van der Waals surface area contributed by atoms with Crippen LogP contribution in [-0.2, 0) is 5.41 Å². The Kier molecular flexibility index (Phi) is 4.90. The molecule has 5 aromatic carbocycles. The van der Waals surface area contributed by atoms with Gasteiger partial charge in [0.05, 0.1) is 22.9 Å². The van der Waals surface area contributed by atoms with Gasteiger partial charge in [0, 0.05) is 22.4 Å². The normalized spacial score (nSPS) is 13.4. The zero-order valence-corrected chi connectivity index (χ0v) is 22.6. The predicted octanol–water partition coefficient (Wildman–Crippen LogP) is 9.82. The molecule has 7 aromatic rings. The molecule has 0 unspecified atom stereocenters. The molecule has 2 heterocycles. The predicted molar refractivity (Wildman–Crippen MR) is 167 cm³/mol. The molecule has 1 aliphatic carbocycles.